The summed E-state index contributed by atoms with van der Waals surface area (Å²) in [6, 6.07) is 6.61. The maximum Gasteiger partial charge on any atom is 0.387 e. The fourth-order valence-electron chi connectivity index (χ4n) is 2.04. The molecule has 0 aliphatic heterocycles. The number of H-pyrrole nitrogens is 1. The molecule has 0 saturated heterocycles. The minimum absolute atomic E-state index is 0.124. The first-order valence-electron chi connectivity index (χ1n) is 6.44. The average Bonchev–Trinajstić information content (AvgIpc) is 2.89. The number of imidazole rings is 1. The Morgan fingerprint density at radius 2 is 2.10 bits per heavy atom. The van der Waals surface area contributed by atoms with Gasteiger partial charge in [-0.05, 0) is 18.6 Å². The Balaban J connectivity index is 2.32. The Morgan fingerprint density at radius 3 is 2.75 bits per heavy atom. The van der Waals surface area contributed by atoms with E-state index in [2.05, 4.69) is 14.7 Å². The summed E-state index contributed by atoms with van der Waals surface area (Å²) in [5.74, 6) is 1.02. The molecule has 0 aliphatic carbocycles. The van der Waals surface area contributed by atoms with E-state index in [9.17, 15) is 8.78 Å². The van der Waals surface area contributed by atoms with Gasteiger partial charge in [-0.15, -0.1) is 0 Å². The summed E-state index contributed by atoms with van der Waals surface area (Å²) in [4.78, 5) is 7.41. The molecule has 1 unspecified atom stereocenters. The zero-order valence-corrected chi connectivity index (χ0v) is 11.1. The Hall–Kier alpha value is -1.95. The highest BCUT2D eigenvalue weighted by atomic mass is 19.3. The maximum absolute atomic E-state index is 12.4. The lowest BCUT2D eigenvalue weighted by molar-refractivity contribution is -0.0494. The number of nitrogens with zero attached hydrogens (tertiary/aromatic N) is 1. The summed E-state index contributed by atoms with van der Waals surface area (Å²) in [6.45, 7) is -0.349. The van der Waals surface area contributed by atoms with Gasteiger partial charge in [0.15, 0.2) is 0 Å². The second kappa shape index (κ2) is 6.47. The molecule has 0 fully saturated rings. The molecule has 2 aromatic rings. The van der Waals surface area contributed by atoms with E-state index in [1.807, 2.05) is 6.92 Å². The van der Waals surface area contributed by atoms with Crippen molar-refractivity contribution >= 4 is 0 Å². The quantitative estimate of drug-likeness (QED) is 0.855. The molecule has 4 nitrogen and oxygen atoms in total. The molecular formula is C14H17F2N3O. The van der Waals surface area contributed by atoms with E-state index in [1.165, 1.54) is 6.07 Å². The van der Waals surface area contributed by atoms with Crippen molar-refractivity contribution in [2.75, 3.05) is 6.54 Å². The van der Waals surface area contributed by atoms with Crippen LogP contribution in [0.5, 0.6) is 5.75 Å². The summed E-state index contributed by atoms with van der Waals surface area (Å²) < 4.78 is 29.3. The van der Waals surface area contributed by atoms with Crippen LogP contribution in [0.15, 0.2) is 30.5 Å². The first kappa shape index (κ1) is 14.5. The molecule has 1 atom stereocenters. The maximum atomic E-state index is 12.4. The number of halogens is 2. The van der Waals surface area contributed by atoms with Gasteiger partial charge < -0.3 is 15.5 Å². The van der Waals surface area contributed by atoms with Crippen molar-refractivity contribution in [3.8, 4) is 17.0 Å². The van der Waals surface area contributed by atoms with Gasteiger partial charge in [0.25, 0.3) is 0 Å². The average molecular weight is 281 g/mol. The van der Waals surface area contributed by atoms with Gasteiger partial charge in [0.2, 0.25) is 0 Å². The number of aromatic amines is 1. The SMILES string of the molecule is CCC(CN)c1ncc(-c2ccccc2OC(F)F)[nH]1. The summed E-state index contributed by atoms with van der Waals surface area (Å²) in [6.07, 6.45) is 2.47. The fraction of sp³-hybridized carbons (Fsp3) is 0.357. The predicted octanol–water partition coefficient (Wildman–Crippen LogP) is 3.13. The van der Waals surface area contributed by atoms with Crippen LogP contribution >= 0.6 is 0 Å². The number of rotatable bonds is 6. The Morgan fingerprint density at radius 1 is 1.35 bits per heavy atom. The number of hydrogen-bond donors (Lipinski definition) is 2. The van der Waals surface area contributed by atoms with Crippen LogP contribution in [0.3, 0.4) is 0 Å². The van der Waals surface area contributed by atoms with Crippen molar-refractivity contribution in [1.82, 2.24) is 9.97 Å². The largest absolute Gasteiger partial charge is 0.434 e. The first-order valence-corrected chi connectivity index (χ1v) is 6.44. The number of para-hydroxylation sites is 1. The summed E-state index contributed by atoms with van der Waals surface area (Å²) >= 11 is 0. The number of alkyl halides is 2. The molecule has 3 N–H and O–H groups in total. The van der Waals surface area contributed by atoms with Crippen LogP contribution in [0.2, 0.25) is 0 Å². The van der Waals surface area contributed by atoms with E-state index in [4.69, 9.17) is 5.73 Å². The van der Waals surface area contributed by atoms with Crippen LogP contribution in [0.1, 0.15) is 25.1 Å². The summed E-state index contributed by atoms with van der Waals surface area (Å²) in [5.41, 5.74) is 6.87. The molecule has 108 valence electrons. The van der Waals surface area contributed by atoms with E-state index in [0.717, 1.165) is 12.2 Å². The van der Waals surface area contributed by atoms with Gasteiger partial charge in [0, 0.05) is 18.0 Å². The number of ether oxygens (including phenoxy) is 1. The number of aromatic nitrogens is 2. The van der Waals surface area contributed by atoms with Gasteiger partial charge in [-0.3, -0.25) is 0 Å². The Kier molecular flexibility index (Phi) is 4.68. The molecule has 0 saturated carbocycles. The zero-order chi connectivity index (χ0) is 14.5. The standard InChI is InChI=1S/C14H17F2N3O/c1-2-9(7-17)13-18-8-11(19-13)10-5-3-4-6-12(10)20-14(15)16/h3-6,8-9,14H,2,7,17H2,1H3,(H,18,19). The van der Waals surface area contributed by atoms with Crippen molar-refractivity contribution in [2.45, 2.75) is 25.9 Å². The minimum Gasteiger partial charge on any atom is -0.434 e. The molecular weight excluding hydrogens is 264 g/mol. The third-order valence-electron chi connectivity index (χ3n) is 3.15. The Labute approximate surface area is 116 Å². The van der Waals surface area contributed by atoms with Crippen molar-refractivity contribution in [2.24, 2.45) is 5.73 Å². The van der Waals surface area contributed by atoms with Gasteiger partial charge in [0.05, 0.1) is 11.9 Å². The van der Waals surface area contributed by atoms with Gasteiger partial charge in [-0.25, -0.2) is 4.98 Å². The molecule has 2 rings (SSSR count). The lowest BCUT2D eigenvalue weighted by Gasteiger charge is -2.10. The molecule has 1 aromatic carbocycles. The van der Waals surface area contributed by atoms with Crippen LogP contribution in [-0.2, 0) is 0 Å². The number of nitrogens with two attached hydrogens (primary N) is 1. The van der Waals surface area contributed by atoms with Crippen molar-refractivity contribution in [3.05, 3.63) is 36.3 Å². The van der Waals surface area contributed by atoms with Crippen LogP contribution in [0.25, 0.3) is 11.3 Å². The fourth-order valence-corrected chi connectivity index (χ4v) is 2.04. The third-order valence-corrected chi connectivity index (χ3v) is 3.15. The van der Waals surface area contributed by atoms with E-state index < -0.39 is 6.61 Å². The molecule has 0 aliphatic rings. The molecule has 6 heteroatoms. The second-order valence-electron chi connectivity index (χ2n) is 4.40. The smallest absolute Gasteiger partial charge is 0.387 e. The van der Waals surface area contributed by atoms with Gasteiger partial charge in [0.1, 0.15) is 11.6 Å². The topological polar surface area (TPSA) is 63.9 Å². The lowest BCUT2D eigenvalue weighted by atomic mass is 10.1. The van der Waals surface area contributed by atoms with E-state index in [-0.39, 0.29) is 11.7 Å². The lowest BCUT2D eigenvalue weighted by Crippen LogP contribution is -2.12. The minimum atomic E-state index is -2.86. The monoisotopic (exact) mass is 281 g/mol. The normalized spacial score (nSPS) is 12.7. The van der Waals surface area contributed by atoms with Crippen molar-refractivity contribution < 1.29 is 13.5 Å². The zero-order valence-electron chi connectivity index (χ0n) is 11.1. The molecule has 0 radical (unpaired) electrons. The van der Waals surface area contributed by atoms with Crippen molar-refractivity contribution in [3.63, 3.8) is 0 Å². The third kappa shape index (κ3) is 3.14. The predicted molar refractivity (Wildman–Crippen MR) is 72.7 cm³/mol. The number of hydrogen-bond acceptors (Lipinski definition) is 3. The highest BCUT2D eigenvalue weighted by Gasteiger charge is 2.15. The van der Waals surface area contributed by atoms with Crippen LogP contribution in [0.4, 0.5) is 8.78 Å². The molecule has 20 heavy (non-hydrogen) atoms. The first-order chi connectivity index (χ1) is 9.65. The highest BCUT2D eigenvalue weighted by Crippen LogP contribution is 2.30. The molecule has 0 spiro atoms. The van der Waals surface area contributed by atoms with Crippen LogP contribution < -0.4 is 10.5 Å². The molecule has 0 amide bonds. The number of nitrogens with one attached hydrogen (secondary N) is 1. The Bertz CT molecular complexity index is 553. The summed E-state index contributed by atoms with van der Waals surface area (Å²) in [5, 5.41) is 0. The van der Waals surface area contributed by atoms with Gasteiger partial charge >= 0.3 is 6.61 Å². The van der Waals surface area contributed by atoms with E-state index >= 15 is 0 Å². The second-order valence-corrected chi connectivity index (χ2v) is 4.40. The van der Waals surface area contributed by atoms with Gasteiger partial charge in [-0.2, -0.15) is 8.78 Å². The summed E-state index contributed by atoms with van der Waals surface area (Å²) in [7, 11) is 0. The van der Waals surface area contributed by atoms with E-state index in [0.29, 0.717) is 17.8 Å². The van der Waals surface area contributed by atoms with Gasteiger partial charge in [-0.1, -0.05) is 19.1 Å². The molecule has 0 bridgehead atoms. The van der Waals surface area contributed by atoms with Crippen LogP contribution in [0, 0.1) is 0 Å². The molecule has 1 aromatic heterocycles. The molecule has 1 heterocycles. The van der Waals surface area contributed by atoms with Crippen LogP contribution in [-0.4, -0.2) is 23.1 Å². The van der Waals surface area contributed by atoms with Crippen molar-refractivity contribution in [1.29, 1.82) is 0 Å². The highest BCUT2D eigenvalue weighted by molar-refractivity contribution is 5.66. The van der Waals surface area contributed by atoms with E-state index in [1.54, 1.807) is 24.4 Å². The number of benzene rings is 1.